The zero-order valence-electron chi connectivity index (χ0n) is 21.5. The zero-order valence-corrected chi connectivity index (χ0v) is 22.3. The number of rotatable bonds is 9. The number of pyridine rings is 1. The Hall–Kier alpha value is -3.35. The van der Waals surface area contributed by atoms with E-state index in [-0.39, 0.29) is 0 Å². The molecule has 0 saturated carbocycles. The van der Waals surface area contributed by atoms with Crippen LogP contribution < -0.4 is 5.32 Å². The van der Waals surface area contributed by atoms with Crippen molar-refractivity contribution in [3.8, 4) is 0 Å². The molecule has 4 rings (SSSR count). The first-order chi connectivity index (χ1) is 17.3. The van der Waals surface area contributed by atoms with Crippen molar-refractivity contribution < 1.29 is 0 Å². The van der Waals surface area contributed by atoms with Gasteiger partial charge in [-0.1, -0.05) is 55.6 Å². The molecule has 1 aliphatic heterocycles. The summed E-state index contributed by atoms with van der Waals surface area (Å²) in [7, 11) is -1.35. The lowest BCUT2D eigenvalue weighted by Gasteiger charge is -2.26. The average Bonchev–Trinajstić information content (AvgIpc) is 3.30. The molecule has 0 spiro atoms. The third-order valence-corrected chi connectivity index (χ3v) is 7.74. The Kier molecular flexibility index (Phi) is 7.97. The normalized spacial score (nSPS) is 15.7. The summed E-state index contributed by atoms with van der Waals surface area (Å²) in [6, 6.07) is 10.3. The number of allylic oxidation sites excluding steroid dienone is 3. The smallest absolute Gasteiger partial charge is 0.116 e. The molecule has 6 heteroatoms. The molecule has 1 saturated heterocycles. The van der Waals surface area contributed by atoms with Gasteiger partial charge in [-0.15, -0.1) is 0 Å². The molecule has 1 aromatic carbocycles. The van der Waals surface area contributed by atoms with Crippen molar-refractivity contribution >= 4 is 48.8 Å². The van der Waals surface area contributed by atoms with E-state index in [1.54, 1.807) is 6.20 Å². The molecular weight excluding hydrogens is 462 g/mol. The maximum atomic E-state index is 4.55. The third kappa shape index (κ3) is 6.07. The molecule has 188 valence electrons. The number of aromatic nitrogens is 3. The summed E-state index contributed by atoms with van der Waals surface area (Å²) in [5.41, 5.74) is 6.86. The number of likely N-dealkylation sites (tertiary alicyclic amines) is 1. The van der Waals surface area contributed by atoms with Crippen molar-refractivity contribution in [3.63, 3.8) is 0 Å². The van der Waals surface area contributed by atoms with Gasteiger partial charge < -0.3 is 5.32 Å². The molecule has 36 heavy (non-hydrogen) atoms. The van der Waals surface area contributed by atoms with Crippen molar-refractivity contribution in [1.29, 1.82) is 0 Å². The fourth-order valence-electron chi connectivity index (χ4n) is 4.48. The van der Waals surface area contributed by atoms with Crippen molar-refractivity contribution in [2.45, 2.75) is 31.2 Å². The molecule has 3 aromatic rings. The zero-order chi connectivity index (χ0) is 25.7. The predicted octanol–water partition coefficient (Wildman–Crippen LogP) is 6.70. The van der Waals surface area contributed by atoms with Gasteiger partial charge in [-0.05, 0) is 80.1 Å². The molecule has 1 fully saturated rings. The third-order valence-electron chi connectivity index (χ3n) is 6.49. The van der Waals surface area contributed by atoms with Crippen molar-refractivity contribution in [1.82, 2.24) is 20.1 Å². The van der Waals surface area contributed by atoms with E-state index in [0.717, 1.165) is 39.4 Å². The number of benzene rings is 1. The van der Waals surface area contributed by atoms with E-state index in [2.05, 4.69) is 87.6 Å². The van der Waals surface area contributed by atoms with E-state index >= 15 is 0 Å². The van der Waals surface area contributed by atoms with Crippen LogP contribution in [0, 0.1) is 0 Å². The standard InChI is InChI=1S/C30H37N5S/c1-7-23(21-35-16-10-9-11-17-35)18-24(8-2)25-12-14-28-27(19-25)30(34-33-28)22(3)32-26-13-15-29(31-20-26)36(4,5)6/h7-8,12-15,18-20,32H,1,3-5,9-11,16-17,21H2,2,6H3,(H,33,34)/b23-18+,24-8+. The largest absolute Gasteiger partial charge is 0.353 e. The van der Waals surface area contributed by atoms with Crippen LogP contribution in [0.5, 0.6) is 0 Å². The molecule has 0 bridgehead atoms. The lowest BCUT2D eigenvalue weighted by atomic mass is 9.99. The number of aromatic amines is 1. The van der Waals surface area contributed by atoms with E-state index in [0.29, 0.717) is 5.70 Å². The van der Waals surface area contributed by atoms with Gasteiger partial charge in [0.05, 0.1) is 28.1 Å². The number of H-pyrrole nitrogens is 1. The Balaban J connectivity index is 1.57. The highest BCUT2D eigenvalue weighted by Gasteiger charge is 2.13. The Morgan fingerprint density at radius 3 is 2.58 bits per heavy atom. The van der Waals surface area contributed by atoms with E-state index in [9.17, 15) is 0 Å². The lowest BCUT2D eigenvalue weighted by Crippen LogP contribution is -2.31. The Bertz CT molecular complexity index is 1420. The van der Waals surface area contributed by atoms with E-state index in [4.69, 9.17) is 0 Å². The van der Waals surface area contributed by atoms with Crippen LogP contribution in [0.3, 0.4) is 0 Å². The van der Waals surface area contributed by atoms with Crippen LogP contribution in [-0.4, -0.2) is 57.7 Å². The fraction of sp³-hybridized carbons (Fsp3) is 0.267. The molecule has 5 nitrogen and oxygen atoms in total. The molecule has 0 atom stereocenters. The van der Waals surface area contributed by atoms with E-state index < -0.39 is 9.21 Å². The summed E-state index contributed by atoms with van der Waals surface area (Å²) in [6.45, 7) is 13.7. The quantitative estimate of drug-likeness (QED) is 0.254. The molecule has 0 aliphatic carbocycles. The minimum Gasteiger partial charge on any atom is -0.353 e. The van der Waals surface area contributed by atoms with Crippen molar-refractivity contribution in [2.75, 3.05) is 31.2 Å². The summed E-state index contributed by atoms with van der Waals surface area (Å²) in [5, 5.41) is 13.0. The van der Waals surface area contributed by atoms with Gasteiger partial charge in [0, 0.05) is 11.9 Å². The van der Waals surface area contributed by atoms with E-state index in [1.807, 2.05) is 24.5 Å². The molecule has 0 unspecified atom stereocenters. The minimum absolute atomic E-state index is 0.710. The van der Waals surface area contributed by atoms with Gasteiger partial charge in [0.25, 0.3) is 0 Å². The molecule has 2 aromatic heterocycles. The van der Waals surface area contributed by atoms with Crippen LogP contribution >= 0.6 is 9.21 Å². The van der Waals surface area contributed by atoms with Crippen molar-refractivity contribution in [2.24, 2.45) is 0 Å². The fourth-order valence-corrected chi connectivity index (χ4v) is 5.18. The van der Waals surface area contributed by atoms with Gasteiger partial charge in [-0.3, -0.25) is 10.00 Å². The minimum atomic E-state index is -1.35. The number of piperidine rings is 1. The topological polar surface area (TPSA) is 56.8 Å². The van der Waals surface area contributed by atoms with Crippen LogP contribution in [0.2, 0.25) is 0 Å². The Morgan fingerprint density at radius 2 is 1.94 bits per heavy atom. The summed E-state index contributed by atoms with van der Waals surface area (Å²) in [4.78, 5) is 7.05. The SMILES string of the molecule is C=C/C(=C\C(=C/C)c1ccc2[nH]nc(C(=C)Nc3ccc(S(=C)(=C)C)nc3)c2c1)CN1CCCCC1. The summed E-state index contributed by atoms with van der Waals surface area (Å²) < 4.78 is 0. The van der Waals surface area contributed by atoms with Crippen LogP contribution in [-0.2, 0) is 0 Å². The number of fused-ring (bicyclic) bond motifs is 1. The van der Waals surface area contributed by atoms with Crippen LogP contribution in [0.1, 0.15) is 37.4 Å². The number of nitrogens with one attached hydrogen (secondary N) is 2. The Morgan fingerprint density at radius 1 is 1.17 bits per heavy atom. The second kappa shape index (κ2) is 11.1. The number of anilines is 1. The average molecular weight is 500 g/mol. The van der Waals surface area contributed by atoms with E-state index in [1.165, 1.54) is 43.5 Å². The molecule has 1 aliphatic rings. The molecule has 0 amide bonds. The first-order valence-corrected chi connectivity index (χ1v) is 14.7. The van der Waals surface area contributed by atoms with Gasteiger partial charge in [-0.25, -0.2) is 4.98 Å². The second-order valence-electron chi connectivity index (χ2n) is 9.60. The second-order valence-corrected chi connectivity index (χ2v) is 12.6. The van der Waals surface area contributed by atoms with Gasteiger partial charge in [0.2, 0.25) is 0 Å². The molecule has 3 heterocycles. The van der Waals surface area contributed by atoms with Gasteiger partial charge in [0.15, 0.2) is 0 Å². The highest BCUT2D eigenvalue weighted by atomic mass is 32.2. The van der Waals surface area contributed by atoms with Gasteiger partial charge >= 0.3 is 0 Å². The summed E-state index contributed by atoms with van der Waals surface area (Å²) >= 11 is 0. The van der Waals surface area contributed by atoms with Crippen LogP contribution in [0.15, 0.2) is 78.5 Å². The van der Waals surface area contributed by atoms with Gasteiger partial charge in [0.1, 0.15) is 5.69 Å². The highest BCUT2D eigenvalue weighted by Crippen LogP contribution is 2.29. The maximum absolute atomic E-state index is 4.55. The maximum Gasteiger partial charge on any atom is 0.116 e. The predicted molar refractivity (Wildman–Crippen MR) is 161 cm³/mol. The first-order valence-electron chi connectivity index (χ1n) is 12.4. The lowest BCUT2D eigenvalue weighted by molar-refractivity contribution is 0.248. The number of hydrogen-bond acceptors (Lipinski definition) is 4. The van der Waals surface area contributed by atoms with Gasteiger partial charge in [-0.2, -0.15) is 14.3 Å². The monoisotopic (exact) mass is 499 g/mol. The summed E-state index contributed by atoms with van der Waals surface area (Å²) in [5.74, 6) is 8.26. The summed E-state index contributed by atoms with van der Waals surface area (Å²) in [6.07, 6.45) is 14.1. The molecular formula is C30H37N5S. The van der Waals surface area contributed by atoms with Crippen molar-refractivity contribution in [3.05, 3.63) is 84.7 Å². The molecule has 2 N–H and O–H groups in total. The number of nitrogens with zero attached hydrogens (tertiary/aromatic N) is 3. The van der Waals surface area contributed by atoms with Crippen LogP contribution in [0.4, 0.5) is 5.69 Å². The molecule has 0 radical (unpaired) electrons. The Labute approximate surface area is 215 Å². The van der Waals surface area contributed by atoms with Crippen LogP contribution in [0.25, 0.3) is 22.2 Å². The number of hydrogen-bond donors (Lipinski definition) is 2. The highest BCUT2D eigenvalue weighted by molar-refractivity contribution is 8.27. The first kappa shape index (κ1) is 25.7.